The van der Waals surface area contributed by atoms with Crippen molar-refractivity contribution in [2.75, 3.05) is 6.61 Å². The second kappa shape index (κ2) is 8.05. The summed E-state index contributed by atoms with van der Waals surface area (Å²) in [4.78, 5) is 9.82. The van der Waals surface area contributed by atoms with Gasteiger partial charge in [0.25, 0.3) is 0 Å². The van der Waals surface area contributed by atoms with Gasteiger partial charge >= 0.3 is 5.97 Å². The molecule has 1 saturated carbocycles. The fourth-order valence-corrected chi connectivity index (χ4v) is 1.28. The number of carbonyl (C=O) groups excluding carboxylic acids is 1. The van der Waals surface area contributed by atoms with Crippen LogP contribution in [0.2, 0.25) is 0 Å². The van der Waals surface area contributed by atoms with Crippen LogP contribution in [0.5, 0.6) is 0 Å². The minimum atomic E-state index is -0.211. The summed E-state index contributed by atoms with van der Waals surface area (Å²) in [6.07, 6.45) is 5.92. The van der Waals surface area contributed by atoms with Crippen LogP contribution in [0, 0.1) is 0 Å². The fourth-order valence-electron chi connectivity index (χ4n) is 1.28. The number of aliphatic hydroxyl groups is 1. The molecule has 1 aliphatic carbocycles. The van der Waals surface area contributed by atoms with Crippen LogP contribution in [-0.2, 0) is 9.53 Å². The molecule has 0 aromatic heterocycles. The number of ether oxygens (including phenoxy) is 1. The van der Waals surface area contributed by atoms with Crippen molar-refractivity contribution in [1.29, 1.82) is 0 Å². The van der Waals surface area contributed by atoms with E-state index in [1.54, 1.807) is 6.92 Å². The van der Waals surface area contributed by atoms with Crippen LogP contribution < -0.4 is 0 Å². The largest absolute Gasteiger partial charge is 0.466 e. The third-order valence-corrected chi connectivity index (χ3v) is 1.92. The van der Waals surface area contributed by atoms with Gasteiger partial charge in [-0.25, -0.2) is 0 Å². The molecule has 3 heteroatoms. The summed E-state index contributed by atoms with van der Waals surface area (Å²) in [6.45, 7) is 3.65. The first-order valence-corrected chi connectivity index (χ1v) is 4.98. The van der Waals surface area contributed by atoms with Crippen LogP contribution in [0.1, 0.15) is 46.0 Å². The summed E-state index contributed by atoms with van der Waals surface area (Å²) in [7, 11) is 0. The molecule has 0 radical (unpaired) electrons. The Bertz CT molecular complexity index is 128. The van der Waals surface area contributed by atoms with Crippen LogP contribution in [0.4, 0.5) is 0 Å². The molecule has 78 valence electrons. The molecule has 0 bridgehead atoms. The van der Waals surface area contributed by atoms with Gasteiger partial charge in [0, 0.05) is 6.92 Å². The van der Waals surface area contributed by atoms with E-state index >= 15 is 0 Å². The maximum atomic E-state index is 9.82. The summed E-state index contributed by atoms with van der Waals surface area (Å²) in [5.74, 6) is -0.211. The van der Waals surface area contributed by atoms with Crippen LogP contribution in [0.25, 0.3) is 0 Å². The Hall–Kier alpha value is -0.570. The Morgan fingerprint density at radius 3 is 2.08 bits per heavy atom. The van der Waals surface area contributed by atoms with Crippen LogP contribution >= 0.6 is 0 Å². The molecule has 1 fully saturated rings. The fraction of sp³-hybridized carbons (Fsp3) is 0.900. The van der Waals surface area contributed by atoms with E-state index in [1.165, 1.54) is 26.2 Å². The Morgan fingerprint density at radius 1 is 1.38 bits per heavy atom. The molecule has 0 unspecified atom stereocenters. The number of hydrogen-bond acceptors (Lipinski definition) is 3. The molecule has 0 spiro atoms. The van der Waals surface area contributed by atoms with E-state index in [9.17, 15) is 4.79 Å². The maximum absolute atomic E-state index is 9.82. The standard InChI is InChI=1S/C6H12O.C4H8O2/c7-6-4-2-1-3-5-6;1-3-6-4(2)5/h6-7H,1-5H2;3H2,1-2H3. The first-order valence-electron chi connectivity index (χ1n) is 4.98. The summed E-state index contributed by atoms with van der Waals surface area (Å²) < 4.78 is 4.40. The summed E-state index contributed by atoms with van der Waals surface area (Å²) >= 11 is 0. The average Bonchev–Trinajstić information content (AvgIpc) is 2.06. The van der Waals surface area contributed by atoms with Crippen LogP contribution in [-0.4, -0.2) is 23.8 Å². The van der Waals surface area contributed by atoms with E-state index in [0.717, 1.165) is 12.8 Å². The summed E-state index contributed by atoms with van der Waals surface area (Å²) in [6, 6.07) is 0. The maximum Gasteiger partial charge on any atom is 0.302 e. The van der Waals surface area contributed by atoms with Gasteiger partial charge in [0.2, 0.25) is 0 Å². The van der Waals surface area contributed by atoms with Gasteiger partial charge in [0.05, 0.1) is 12.7 Å². The normalized spacial score (nSPS) is 17.2. The molecule has 0 aromatic rings. The number of esters is 1. The molecule has 0 aromatic carbocycles. The van der Waals surface area contributed by atoms with Crippen molar-refractivity contribution in [3.05, 3.63) is 0 Å². The Labute approximate surface area is 80.1 Å². The van der Waals surface area contributed by atoms with Gasteiger partial charge in [-0.2, -0.15) is 0 Å². The molecule has 0 atom stereocenters. The van der Waals surface area contributed by atoms with Gasteiger partial charge in [0.1, 0.15) is 0 Å². The second-order valence-electron chi connectivity index (χ2n) is 3.22. The highest BCUT2D eigenvalue weighted by molar-refractivity contribution is 5.65. The van der Waals surface area contributed by atoms with Crippen molar-refractivity contribution in [2.45, 2.75) is 52.1 Å². The molecule has 0 amide bonds. The van der Waals surface area contributed by atoms with Crippen LogP contribution in [0.15, 0.2) is 0 Å². The van der Waals surface area contributed by atoms with Crippen molar-refractivity contribution in [1.82, 2.24) is 0 Å². The SMILES string of the molecule is CCOC(C)=O.OC1CCCCC1. The Balaban J connectivity index is 0.000000226. The molecule has 0 heterocycles. The lowest BCUT2D eigenvalue weighted by Crippen LogP contribution is -2.09. The van der Waals surface area contributed by atoms with Gasteiger partial charge < -0.3 is 9.84 Å². The van der Waals surface area contributed by atoms with Gasteiger partial charge in [-0.1, -0.05) is 19.3 Å². The predicted octanol–water partition coefficient (Wildman–Crippen LogP) is 1.88. The Kier molecular flexibility index (Phi) is 7.69. The van der Waals surface area contributed by atoms with Gasteiger partial charge in [0.15, 0.2) is 0 Å². The van der Waals surface area contributed by atoms with Crippen molar-refractivity contribution < 1.29 is 14.6 Å². The summed E-state index contributed by atoms with van der Waals surface area (Å²) in [5.41, 5.74) is 0. The van der Waals surface area contributed by atoms with E-state index in [2.05, 4.69) is 4.74 Å². The number of aliphatic hydroxyl groups excluding tert-OH is 1. The second-order valence-corrected chi connectivity index (χ2v) is 3.22. The molecule has 0 saturated heterocycles. The monoisotopic (exact) mass is 188 g/mol. The lowest BCUT2D eigenvalue weighted by atomic mass is 9.98. The minimum Gasteiger partial charge on any atom is -0.466 e. The van der Waals surface area contributed by atoms with Crippen molar-refractivity contribution >= 4 is 5.97 Å². The highest BCUT2D eigenvalue weighted by Crippen LogP contribution is 2.16. The Morgan fingerprint density at radius 2 is 1.92 bits per heavy atom. The molecular formula is C10H20O3. The first kappa shape index (κ1) is 12.4. The predicted molar refractivity (Wildman–Crippen MR) is 51.4 cm³/mol. The van der Waals surface area contributed by atoms with Gasteiger partial charge in [-0.3, -0.25) is 4.79 Å². The molecule has 13 heavy (non-hydrogen) atoms. The van der Waals surface area contributed by atoms with E-state index in [4.69, 9.17) is 5.11 Å². The molecule has 1 N–H and O–H groups in total. The van der Waals surface area contributed by atoms with Gasteiger partial charge in [-0.05, 0) is 19.8 Å². The first-order chi connectivity index (χ1) is 6.16. The number of rotatable bonds is 1. The highest BCUT2D eigenvalue weighted by atomic mass is 16.5. The third kappa shape index (κ3) is 9.34. The van der Waals surface area contributed by atoms with Crippen molar-refractivity contribution in [2.24, 2.45) is 0 Å². The zero-order valence-electron chi connectivity index (χ0n) is 8.58. The van der Waals surface area contributed by atoms with Crippen molar-refractivity contribution in [3.8, 4) is 0 Å². The van der Waals surface area contributed by atoms with E-state index in [0.29, 0.717) is 6.61 Å². The minimum absolute atomic E-state index is 0.0359. The topological polar surface area (TPSA) is 46.5 Å². The van der Waals surface area contributed by atoms with Crippen LogP contribution in [0.3, 0.4) is 0 Å². The quantitative estimate of drug-likeness (QED) is 0.639. The highest BCUT2D eigenvalue weighted by Gasteiger charge is 2.07. The zero-order chi connectivity index (χ0) is 10.1. The average molecular weight is 188 g/mol. The third-order valence-electron chi connectivity index (χ3n) is 1.92. The smallest absolute Gasteiger partial charge is 0.302 e. The zero-order valence-corrected chi connectivity index (χ0v) is 8.58. The van der Waals surface area contributed by atoms with Crippen molar-refractivity contribution in [3.63, 3.8) is 0 Å². The lowest BCUT2D eigenvalue weighted by Gasteiger charge is -2.14. The van der Waals surface area contributed by atoms with E-state index in [1.807, 2.05) is 0 Å². The number of carbonyl (C=O) groups is 1. The molecule has 0 aliphatic heterocycles. The molecule has 1 rings (SSSR count). The number of hydrogen-bond donors (Lipinski definition) is 1. The molecule has 1 aliphatic rings. The summed E-state index contributed by atoms with van der Waals surface area (Å²) in [5, 5.41) is 8.91. The van der Waals surface area contributed by atoms with Gasteiger partial charge in [-0.15, -0.1) is 0 Å². The molecule has 3 nitrogen and oxygen atoms in total. The van der Waals surface area contributed by atoms with E-state index in [-0.39, 0.29) is 12.1 Å². The lowest BCUT2D eigenvalue weighted by molar-refractivity contribution is -0.140. The van der Waals surface area contributed by atoms with E-state index < -0.39 is 0 Å². The molecular weight excluding hydrogens is 168 g/mol.